The number of amides is 4. The van der Waals surface area contributed by atoms with Crippen LogP contribution < -0.4 is 34.6 Å². The highest BCUT2D eigenvalue weighted by Crippen LogP contribution is 2.42. The molecule has 5 aromatic carbocycles. The van der Waals surface area contributed by atoms with Crippen molar-refractivity contribution in [3.05, 3.63) is 141 Å². The SMILES string of the molecule is COc1cc2c(cc1OCc1cc(COc3cc4c(cc3C)C(=O)N3c5ccccc5C[C@H]3CC4)cc(NC(=O)CCC(=O)CNC(=O)CCC(=O)CCC(C)(C)S(C)=S)c1)CC[C@@H]1Cc3ccccc3N1C2=O. The van der Waals surface area contributed by atoms with Gasteiger partial charge < -0.3 is 34.6 Å². The lowest BCUT2D eigenvalue weighted by molar-refractivity contribution is -0.127. The van der Waals surface area contributed by atoms with Crippen LogP contribution in [0.25, 0.3) is 0 Å². The molecule has 5 aromatic rings. The summed E-state index contributed by atoms with van der Waals surface area (Å²) in [7, 11) is 1.29. The number of aryl methyl sites for hydroxylation is 3. The first-order chi connectivity index (χ1) is 35.5. The standard InChI is InChI=1S/C59H64N4O9S2/c1-36-24-48-39(14-16-44-28-41-10-6-8-12-50(41)62(44)57(48)68)30-52(36)71-34-37-25-38(27-43(26-37)61-56(67)21-19-47(65)33-60-55(66)20-18-46(64)22-23-59(2,3)74(5)73)35-72-54-31-40-15-17-45-29-42-11-7-9-13-51(42)63(45)58(69)49(40)32-53(54)70-4/h6-13,24-27,30-32,44-45H,14-23,28-29,33-35H2,1-5H3,(H,60,66)(H,61,67)/t44-,45-,74?/m1/s1. The Labute approximate surface area is 440 Å². The van der Waals surface area contributed by atoms with E-state index in [0.29, 0.717) is 58.9 Å². The molecule has 0 spiro atoms. The molecule has 13 nitrogen and oxygen atoms in total. The predicted octanol–water partition coefficient (Wildman–Crippen LogP) is 9.22. The summed E-state index contributed by atoms with van der Waals surface area (Å²) in [6, 6.07) is 29.5. The van der Waals surface area contributed by atoms with Gasteiger partial charge in [-0.25, -0.2) is 0 Å². The summed E-state index contributed by atoms with van der Waals surface area (Å²) < 4.78 is 18.7. The van der Waals surface area contributed by atoms with Crippen LogP contribution in [-0.4, -0.2) is 71.9 Å². The number of benzene rings is 5. The van der Waals surface area contributed by atoms with Crippen molar-refractivity contribution in [3.8, 4) is 17.2 Å². The summed E-state index contributed by atoms with van der Waals surface area (Å²) in [6.07, 6.45) is 7.52. The van der Waals surface area contributed by atoms with E-state index < -0.39 is 11.8 Å². The average molecular weight is 1040 g/mol. The maximum Gasteiger partial charge on any atom is 0.258 e. The van der Waals surface area contributed by atoms with E-state index in [2.05, 4.69) is 22.8 Å². The van der Waals surface area contributed by atoms with Gasteiger partial charge in [0.25, 0.3) is 11.8 Å². The van der Waals surface area contributed by atoms with Gasteiger partial charge in [0.2, 0.25) is 11.8 Å². The summed E-state index contributed by atoms with van der Waals surface area (Å²) in [4.78, 5) is 83.3. The molecule has 0 saturated heterocycles. The van der Waals surface area contributed by atoms with Crippen LogP contribution in [0.2, 0.25) is 0 Å². The highest BCUT2D eigenvalue weighted by atomic mass is 32.8. The quantitative estimate of drug-likeness (QED) is 0.0770. The van der Waals surface area contributed by atoms with E-state index in [-0.39, 0.29) is 95.1 Å². The first-order valence-electron chi connectivity index (χ1n) is 25.5. The van der Waals surface area contributed by atoms with E-state index in [9.17, 15) is 28.8 Å². The lowest BCUT2D eigenvalue weighted by Gasteiger charge is -2.23. The molecule has 4 aliphatic heterocycles. The van der Waals surface area contributed by atoms with Crippen LogP contribution in [0.3, 0.4) is 0 Å². The third kappa shape index (κ3) is 11.6. The third-order valence-corrected chi connectivity index (χ3v) is 18.1. The molecule has 0 bridgehead atoms. The molecule has 4 aliphatic rings. The average Bonchev–Trinajstić information content (AvgIpc) is 3.89. The number of hydrogen-bond donors (Lipinski definition) is 2. The van der Waals surface area contributed by atoms with Gasteiger partial charge in [-0.15, -0.1) is 9.45 Å². The lowest BCUT2D eigenvalue weighted by Crippen LogP contribution is -2.36. The number of para-hydroxylation sites is 2. The molecule has 15 heteroatoms. The number of ether oxygens (including phenoxy) is 3. The van der Waals surface area contributed by atoms with Crippen molar-refractivity contribution in [1.29, 1.82) is 0 Å². The zero-order valence-corrected chi connectivity index (χ0v) is 44.4. The molecule has 0 aliphatic carbocycles. The van der Waals surface area contributed by atoms with Gasteiger partial charge in [-0.2, -0.15) is 0 Å². The molecule has 0 saturated carbocycles. The molecule has 0 fully saturated rings. The van der Waals surface area contributed by atoms with E-state index >= 15 is 0 Å². The third-order valence-electron chi connectivity index (χ3n) is 15.0. The zero-order valence-electron chi connectivity index (χ0n) is 42.8. The summed E-state index contributed by atoms with van der Waals surface area (Å²) in [5.41, 5.74) is 10.1. The minimum Gasteiger partial charge on any atom is -0.493 e. The Hall–Kier alpha value is -6.71. The van der Waals surface area contributed by atoms with Gasteiger partial charge in [-0.05, 0) is 152 Å². The Morgan fingerprint density at radius 1 is 0.662 bits per heavy atom. The predicted molar refractivity (Wildman–Crippen MR) is 291 cm³/mol. The fourth-order valence-electron chi connectivity index (χ4n) is 10.5. The number of ketones is 2. The second-order valence-corrected chi connectivity index (χ2v) is 24.1. The zero-order chi connectivity index (χ0) is 52.3. The first-order valence-corrected chi connectivity index (χ1v) is 28.1. The maximum atomic E-state index is 14.1. The number of nitrogens with zero attached hydrogens (tertiary/aromatic N) is 2. The van der Waals surface area contributed by atoms with Gasteiger partial charge >= 0.3 is 0 Å². The molecule has 2 N–H and O–H groups in total. The van der Waals surface area contributed by atoms with Crippen LogP contribution in [-0.2, 0) is 78.7 Å². The fraction of sp³-hybridized carbons (Fsp3) is 0.390. The van der Waals surface area contributed by atoms with Crippen molar-refractivity contribution in [3.63, 3.8) is 0 Å². The first kappa shape index (κ1) is 52.2. The number of nitrogens with one attached hydrogen (secondary N) is 2. The minimum atomic E-state index is -0.397. The molecule has 3 atom stereocenters. The van der Waals surface area contributed by atoms with Gasteiger partial charge in [0, 0.05) is 77.1 Å². The van der Waals surface area contributed by atoms with E-state index in [1.165, 1.54) is 11.1 Å². The van der Waals surface area contributed by atoms with Crippen molar-refractivity contribution < 1.29 is 43.0 Å². The van der Waals surface area contributed by atoms with Gasteiger partial charge in [0.05, 0.1) is 13.7 Å². The summed E-state index contributed by atoms with van der Waals surface area (Å²) in [5, 5.41) is 5.54. The van der Waals surface area contributed by atoms with Crippen LogP contribution in [0.4, 0.5) is 17.1 Å². The molecule has 9 rings (SSSR count). The number of methoxy groups -OCH3 is 1. The molecular formula is C59H64N4O9S2. The van der Waals surface area contributed by atoms with Crippen molar-refractivity contribution in [2.24, 2.45) is 0 Å². The van der Waals surface area contributed by atoms with E-state index in [1.807, 2.05) is 104 Å². The van der Waals surface area contributed by atoms with Crippen LogP contribution in [0.5, 0.6) is 17.2 Å². The Kier molecular flexibility index (Phi) is 15.8. The van der Waals surface area contributed by atoms with Crippen LogP contribution in [0.1, 0.15) is 125 Å². The van der Waals surface area contributed by atoms with Crippen molar-refractivity contribution in [2.45, 2.75) is 128 Å². The molecule has 4 amide bonds. The fourth-order valence-corrected chi connectivity index (χ4v) is 11.2. The monoisotopic (exact) mass is 1040 g/mol. The van der Waals surface area contributed by atoms with E-state index in [4.69, 9.17) is 25.4 Å². The number of rotatable bonds is 20. The van der Waals surface area contributed by atoms with Crippen LogP contribution in [0.15, 0.2) is 91.0 Å². The number of carbonyl (C=O) groups excluding carboxylic acids is 6. The largest absolute Gasteiger partial charge is 0.493 e. The molecule has 1 unspecified atom stereocenters. The van der Waals surface area contributed by atoms with Crippen molar-refractivity contribution in [1.82, 2.24) is 5.32 Å². The Bertz CT molecular complexity index is 3080. The Balaban J connectivity index is 0.877. The lowest BCUT2D eigenvalue weighted by atomic mass is 9.98. The van der Waals surface area contributed by atoms with E-state index in [1.54, 1.807) is 19.2 Å². The maximum absolute atomic E-state index is 14.1. The summed E-state index contributed by atoms with van der Waals surface area (Å²) >= 11 is 5.41. The molecule has 74 heavy (non-hydrogen) atoms. The smallest absolute Gasteiger partial charge is 0.258 e. The summed E-state index contributed by atoms with van der Waals surface area (Å²) in [6.45, 7) is 6.00. The van der Waals surface area contributed by atoms with E-state index in [0.717, 1.165) is 65.7 Å². The summed E-state index contributed by atoms with van der Waals surface area (Å²) in [5.74, 6) is 0.369. The number of carbonyl (C=O) groups is 6. The second kappa shape index (κ2) is 22.4. The second-order valence-electron chi connectivity index (χ2n) is 20.6. The van der Waals surface area contributed by atoms with Crippen molar-refractivity contribution >= 4 is 72.9 Å². The molecular weight excluding hydrogens is 973 g/mol. The molecule has 386 valence electrons. The number of hydrogen-bond acceptors (Lipinski definition) is 10. The van der Waals surface area contributed by atoms with Crippen LogP contribution in [0, 0.1) is 6.92 Å². The molecule has 0 aromatic heterocycles. The van der Waals surface area contributed by atoms with Gasteiger partial charge in [-0.3, -0.25) is 28.8 Å². The normalized spacial score (nSPS) is 16.8. The van der Waals surface area contributed by atoms with Crippen LogP contribution >= 0.6 is 0 Å². The Morgan fingerprint density at radius 2 is 1.20 bits per heavy atom. The topological polar surface area (TPSA) is 161 Å². The highest BCUT2D eigenvalue weighted by molar-refractivity contribution is 8.29. The van der Waals surface area contributed by atoms with Gasteiger partial charge in [0.1, 0.15) is 24.7 Å². The van der Waals surface area contributed by atoms with Crippen molar-refractivity contribution in [2.75, 3.05) is 35.0 Å². The molecule has 4 heterocycles. The Morgan fingerprint density at radius 3 is 1.80 bits per heavy atom. The number of Topliss-reactive ketones (excluding diaryl/α,β-unsaturated/α-hetero) is 2. The van der Waals surface area contributed by atoms with Gasteiger partial charge in [-0.1, -0.05) is 61.4 Å². The molecule has 0 radical (unpaired) electrons. The highest BCUT2D eigenvalue weighted by Gasteiger charge is 2.39. The minimum absolute atomic E-state index is 0.00301. The van der Waals surface area contributed by atoms with Gasteiger partial charge in [0.15, 0.2) is 17.3 Å². The number of anilines is 3. The number of fused-ring (bicyclic) bond motifs is 8.